The van der Waals surface area contributed by atoms with Crippen LogP contribution in [0.1, 0.15) is 37.9 Å². The van der Waals surface area contributed by atoms with Crippen LogP contribution in [0, 0.1) is 5.41 Å². The molecule has 1 heterocycles. The van der Waals surface area contributed by atoms with E-state index in [1.54, 1.807) is 0 Å². The van der Waals surface area contributed by atoms with Crippen molar-refractivity contribution in [3.63, 3.8) is 0 Å². The van der Waals surface area contributed by atoms with Gasteiger partial charge in [0.1, 0.15) is 0 Å². The van der Waals surface area contributed by atoms with Crippen LogP contribution in [0.15, 0.2) is 4.52 Å². The number of nitrogens with zero attached hydrogens (tertiary/aromatic N) is 2. The third-order valence-electron chi connectivity index (χ3n) is 2.48. The molecule has 4 nitrogen and oxygen atoms in total. The maximum atomic E-state index is 5.37. The van der Waals surface area contributed by atoms with Crippen molar-refractivity contribution in [1.82, 2.24) is 10.1 Å². The van der Waals surface area contributed by atoms with E-state index in [4.69, 9.17) is 10.3 Å². The van der Waals surface area contributed by atoms with Gasteiger partial charge in [0.25, 0.3) is 0 Å². The highest BCUT2D eigenvalue weighted by atomic mass is 16.5. The first-order valence-electron chi connectivity index (χ1n) is 4.16. The van der Waals surface area contributed by atoms with Gasteiger partial charge >= 0.3 is 0 Å². The summed E-state index contributed by atoms with van der Waals surface area (Å²) in [5.41, 5.74) is 5.71. The average Bonchev–Trinajstić information content (AvgIpc) is 2.52. The number of rotatable bonds is 2. The molecule has 1 atom stereocenters. The lowest BCUT2D eigenvalue weighted by atomic mass is 10.1. The lowest BCUT2D eigenvalue weighted by molar-refractivity contribution is 0.363. The summed E-state index contributed by atoms with van der Waals surface area (Å²) in [5.74, 6) is 1.80. The summed E-state index contributed by atoms with van der Waals surface area (Å²) < 4.78 is 5.07. The molecule has 2 rings (SSSR count). The Labute approximate surface area is 71.1 Å². The summed E-state index contributed by atoms with van der Waals surface area (Å²) in [5, 5.41) is 3.75. The fraction of sp³-hybridized carbons (Fsp3) is 0.750. The Morgan fingerprint density at radius 2 is 2.33 bits per heavy atom. The first kappa shape index (κ1) is 7.73. The highest BCUT2D eigenvalue weighted by Crippen LogP contribution is 2.57. The Bertz CT molecular complexity index is 292. The first-order valence-corrected chi connectivity index (χ1v) is 4.16. The quantitative estimate of drug-likeness (QED) is 0.714. The van der Waals surface area contributed by atoms with Crippen molar-refractivity contribution in [2.24, 2.45) is 11.1 Å². The molecule has 0 spiro atoms. The summed E-state index contributed by atoms with van der Waals surface area (Å²) in [6.07, 6.45) is 1.14. The van der Waals surface area contributed by atoms with Gasteiger partial charge in [-0.15, -0.1) is 0 Å². The van der Waals surface area contributed by atoms with Crippen LogP contribution in [0.25, 0.3) is 0 Å². The van der Waals surface area contributed by atoms with Gasteiger partial charge < -0.3 is 10.3 Å². The van der Waals surface area contributed by atoms with E-state index >= 15 is 0 Å². The molecule has 2 N–H and O–H groups in total. The number of hydrogen-bond donors (Lipinski definition) is 1. The molecule has 0 aromatic carbocycles. The van der Waals surface area contributed by atoms with Crippen molar-refractivity contribution in [2.45, 2.75) is 32.7 Å². The fourth-order valence-corrected chi connectivity index (χ4v) is 1.38. The molecule has 1 aliphatic rings. The summed E-state index contributed by atoms with van der Waals surface area (Å²) >= 11 is 0. The number of hydrogen-bond acceptors (Lipinski definition) is 4. The van der Waals surface area contributed by atoms with Crippen molar-refractivity contribution >= 4 is 0 Å². The summed E-state index contributed by atoms with van der Waals surface area (Å²) in [4.78, 5) is 4.18. The molecule has 1 unspecified atom stereocenters. The molecule has 1 aromatic heterocycles. The molecule has 12 heavy (non-hydrogen) atoms. The lowest BCUT2D eigenvalue weighted by Gasteiger charge is -1.95. The predicted molar refractivity (Wildman–Crippen MR) is 43.3 cm³/mol. The van der Waals surface area contributed by atoms with Gasteiger partial charge in [-0.25, -0.2) is 0 Å². The van der Waals surface area contributed by atoms with Gasteiger partial charge in [-0.2, -0.15) is 4.98 Å². The van der Waals surface area contributed by atoms with Crippen LogP contribution in [-0.4, -0.2) is 10.1 Å². The van der Waals surface area contributed by atoms with Gasteiger partial charge in [0.2, 0.25) is 5.89 Å². The van der Waals surface area contributed by atoms with E-state index in [1.807, 2.05) is 0 Å². The van der Waals surface area contributed by atoms with Gasteiger partial charge in [0.05, 0.1) is 6.54 Å². The SMILES string of the molecule is CC1(C)CC1c1nc(CN)no1. The predicted octanol–water partition coefficient (Wildman–Crippen LogP) is 1.04. The Morgan fingerprint density at radius 3 is 2.75 bits per heavy atom. The van der Waals surface area contributed by atoms with Gasteiger partial charge in [0, 0.05) is 5.92 Å². The van der Waals surface area contributed by atoms with E-state index in [-0.39, 0.29) is 0 Å². The maximum absolute atomic E-state index is 5.37. The summed E-state index contributed by atoms with van der Waals surface area (Å²) in [6.45, 7) is 4.75. The third kappa shape index (κ3) is 1.12. The van der Waals surface area contributed by atoms with Crippen molar-refractivity contribution in [2.75, 3.05) is 0 Å². The van der Waals surface area contributed by atoms with E-state index in [0.29, 0.717) is 23.7 Å². The van der Waals surface area contributed by atoms with Crippen molar-refractivity contribution in [1.29, 1.82) is 0 Å². The molecular formula is C8H13N3O. The van der Waals surface area contributed by atoms with Gasteiger partial charge in [0.15, 0.2) is 5.82 Å². The second kappa shape index (κ2) is 2.29. The van der Waals surface area contributed by atoms with Crippen LogP contribution in [0.4, 0.5) is 0 Å². The second-order valence-electron chi connectivity index (χ2n) is 4.00. The average molecular weight is 167 g/mol. The monoisotopic (exact) mass is 167 g/mol. The smallest absolute Gasteiger partial charge is 0.230 e. The topological polar surface area (TPSA) is 64.9 Å². The normalized spacial score (nSPS) is 25.8. The Kier molecular flexibility index (Phi) is 1.48. The highest BCUT2D eigenvalue weighted by Gasteiger charge is 2.50. The molecule has 4 heteroatoms. The second-order valence-corrected chi connectivity index (χ2v) is 4.00. The Morgan fingerprint density at radius 1 is 1.67 bits per heavy atom. The zero-order valence-electron chi connectivity index (χ0n) is 7.37. The van der Waals surface area contributed by atoms with E-state index < -0.39 is 0 Å². The van der Waals surface area contributed by atoms with Crippen LogP contribution < -0.4 is 5.73 Å². The Hall–Kier alpha value is -0.900. The summed E-state index contributed by atoms with van der Waals surface area (Å²) in [6, 6.07) is 0. The zero-order valence-corrected chi connectivity index (χ0v) is 7.37. The van der Waals surface area contributed by atoms with Crippen LogP contribution in [-0.2, 0) is 6.54 Å². The van der Waals surface area contributed by atoms with E-state index in [2.05, 4.69) is 24.0 Å². The molecule has 1 fully saturated rings. The van der Waals surface area contributed by atoms with Crippen molar-refractivity contribution in [3.8, 4) is 0 Å². The number of nitrogens with two attached hydrogens (primary N) is 1. The van der Waals surface area contributed by atoms with Gasteiger partial charge in [-0.05, 0) is 11.8 Å². The van der Waals surface area contributed by atoms with Crippen LogP contribution in [0.2, 0.25) is 0 Å². The molecule has 66 valence electrons. The Balaban J connectivity index is 2.15. The van der Waals surface area contributed by atoms with E-state index in [9.17, 15) is 0 Å². The molecule has 0 aliphatic heterocycles. The van der Waals surface area contributed by atoms with Crippen molar-refractivity contribution in [3.05, 3.63) is 11.7 Å². The molecule has 0 bridgehead atoms. The molecular weight excluding hydrogens is 154 g/mol. The lowest BCUT2D eigenvalue weighted by Crippen LogP contribution is -1.98. The van der Waals surface area contributed by atoms with Gasteiger partial charge in [-0.1, -0.05) is 19.0 Å². The third-order valence-corrected chi connectivity index (χ3v) is 2.48. The van der Waals surface area contributed by atoms with E-state index in [0.717, 1.165) is 12.3 Å². The maximum Gasteiger partial charge on any atom is 0.230 e. The molecule has 0 radical (unpaired) electrons. The van der Waals surface area contributed by atoms with Crippen LogP contribution >= 0.6 is 0 Å². The van der Waals surface area contributed by atoms with Crippen molar-refractivity contribution < 1.29 is 4.52 Å². The highest BCUT2D eigenvalue weighted by molar-refractivity contribution is 5.12. The van der Waals surface area contributed by atoms with Crippen LogP contribution in [0.3, 0.4) is 0 Å². The summed E-state index contributed by atoms with van der Waals surface area (Å²) in [7, 11) is 0. The van der Waals surface area contributed by atoms with Gasteiger partial charge in [-0.3, -0.25) is 0 Å². The zero-order chi connectivity index (χ0) is 8.77. The number of aromatic nitrogens is 2. The minimum absolute atomic E-state index is 0.346. The molecule has 1 aromatic rings. The largest absolute Gasteiger partial charge is 0.339 e. The minimum Gasteiger partial charge on any atom is -0.339 e. The minimum atomic E-state index is 0.346. The molecule has 1 aliphatic carbocycles. The molecule has 1 saturated carbocycles. The fourth-order valence-electron chi connectivity index (χ4n) is 1.38. The van der Waals surface area contributed by atoms with E-state index in [1.165, 1.54) is 0 Å². The molecule has 0 saturated heterocycles. The molecule has 0 amide bonds. The standard InChI is InChI=1S/C8H13N3O/c1-8(2)3-5(8)7-10-6(4-9)11-12-7/h5H,3-4,9H2,1-2H3. The first-order chi connectivity index (χ1) is 5.63. The van der Waals surface area contributed by atoms with Crippen LogP contribution in [0.5, 0.6) is 0 Å².